The van der Waals surface area contributed by atoms with Crippen LogP contribution in [0.25, 0.3) is 22.2 Å². The van der Waals surface area contributed by atoms with Crippen molar-refractivity contribution in [2.75, 3.05) is 32.8 Å². The Kier molecular flexibility index (Phi) is 7.12. The molecule has 0 saturated carbocycles. The number of piperazine rings is 1. The molecule has 0 unspecified atom stereocenters. The molecule has 1 fully saturated rings. The van der Waals surface area contributed by atoms with Gasteiger partial charge in [-0.2, -0.15) is 0 Å². The number of aryl methyl sites for hydroxylation is 1. The number of ether oxygens (including phenoxy) is 1. The molecule has 0 N–H and O–H groups in total. The first kappa shape index (κ1) is 23.7. The number of aromatic nitrogens is 1. The summed E-state index contributed by atoms with van der Waals surface area (Å²) in [5, 5.41) is 1.23. The van der Waals surface area contributed by atoms with Crippen LogP contribution in [0.3, 0.4) is 0 Å². The number of carbonyl (C=O) groups excluding carboxylic acids is 2. The van der Waals surface area contributed by atoms with Crippen LogP contribution in [0.15, 0.2) is 55.1 Å². The van der Waals surface area contributed by atoms with E-state index in [1.807, 2.05) is 0 Å². The first-order valence-electron chi connectivity index (χ1n) is 11.1. The minimum atomic E-state index is -0.373. The van der Waals surface area contributed by atoms with Crippen LogP contribution in [0.4, 0.5) is 9.18 Å². The van der Waals surface area contributed by atoms with E-state index in [0.29, 0.717) is 66.6 Å². The molecular formula is C26H25ClFN3O3. The summed E-state index contributed by atoms with van der Waals surface area (Å²) < 4.78 is 18.9. The van der Waals surface area contributed by atoms with Crippen LogP contribution in [0, 0.1) is 12.7 Å². The SMILES string of the molecule is C=CCCOC(=O)N1CCN(C(=O)c2ccc3c(Cl)cc(-c4ccc(F)c(C)c4)nc3c2)CC1. The number of rotatable bonds is 5. The van der Waals surface area contributed by atoms with Crippen molar-refractivity contribution in [2.24, 2.45) is 0 Å². The van der Waals surface area contributed by atoms with Crippen molar-refractivity contribution in [3.8, 4) is 11.3 Å². The Bertz CT molecular complexity index is 1260. The van der Waals surface area contributed by atoms with Crippen LogP contribution >= 0.6 is 11.6 Å². The Morgan fingerprint density at radius 2 is 1.85 bits per heavy atom. The molecule has 34 heavy (non-hydrogen) atoms. The zero-order valence-corrected chi connectivity index (χ0v) is 19.6. The Morgan fingerprint density at radius 1 is 1.12 bits per heavy atom. The standard InChI is InChI=1S/C26H25ClFN3O3/c1-3-4-13-34-26(33)31-11-9-30(10-12-31)25(32)19-5-7-20-21(27)16-23(29-24(20)15-19)18-6-8-22(28)17(2)14-18/h3,5-8,14-16H,1,4,9-13H2,2H3. The van der Waals surface area contributed by atoms with Crippen molar-refractivity contribution < 1.29 is 18.7 Å². The normalized spacial score (nSPS) is 13.7. The van der Waals surface area contributed by atoms with E-state index in [9.17, 15) is 14.0 Å². The maximum absolute atomic E-state index is 13.7. The second-order valence-corrected chi connectivity index (χ2v) is 8.56. The number of fused-ring (bicyclic) bond motifs is 1. The second-order valence-electron chi connectivity index (χ2n) is 8.16. The fourth-order valence-electron chi connectivity index (χ4n) is 3.87. The highest BCUT2D eigenvalue weighted by molar-refractivity contribution is 6.35. The van der Waals surface area contributed by atoms with Crippen molar-refractivity contribution in [2.45, 2.75) is 13.3 Å². The van der Waals surface area contributed by atoms with Crippen LogP contribution in [0.2, 0.25) is 5.02 Å². The number of amides is 2. The van der Waals surface area contributed by atoms with E-state index < -0.39 is 0 Å². The summed E-state index contributed by atoms with van der Waals surface area (Å²) in [5.74, 6) is -0.420. The average Bonchev–Trinajstić information content (AvgIpc) is 2.85. The van der Waals surface area contributed by atoms with Gasteiger partial charge >= 0.3 is 6.09 Å². The minimum absolute atomic E-state index is 0.137. The Balaban J connectivity index is 1.51. The summed E-state index contributed by atoms with van der Waals surface area (Å²) >= 11 is 6.49. The molecule has 0 bridgehead atoms. The first-order chi connectivity index (χ1) is 16.4. The lowest BCUT2D eigenvalue weighted by atomic mass is 10.1. The van der Waals surface area contributed by atoms with E-state index in [4.69, 9.17) is 16.3 Å². The van der Waals surface area contributed by atoms with Crippen molar-refractivity contribution in [3.05, 3.63) is 77.1 Å². The van der Waals surface area contributed by atoms with Gasteiger partial charge in [-0.1, -0.05) is 23.7 Å². The van der Waals surface area contributed by atoms with Crippen molar-refractivity contribution in [3.63, 3.8) is 0 Å². The molecule has 2 aromatic carbocycles. The lowest BCUT2D eigenvalue weighted by Gasteiger charge is -2.34. The van der Waals surface area contributed by atoms with Gasteiger partial charge in [0.15, 0.2) is 0 Å². The number of benzene rings is 2. The van der Waals surface area contributed by atoms with E-state index in [2.05, 4.69) is 11.6 Å². The smallest absolute Gasteiger partial charge is 0.409 e. The third kappa shape index (κ3) is 5.04. The van der Waals surface area contributed by atoms with Gasteiger partial charge in [-0.05, 0) is 55.3 Å². The predicted molar refractivity (Wildman–Crippen MR) is 131 cm³/mol. The topological polar surface area (TPSA) is 62.7 Å². The molecule has 0 atom stereocenters. The van der Waals surface area contributed by atoms with Gasteiger partial charge in [0.05, 0.1) is 22.8 Å². The first-order valence-corrected chi connectivity index (χ1v) is 11.4. The van der Waals surface area contributed by atoms with E-state index >= 15 is 0 Å². The summed E-state index contributed by atoms with van der Waals surface area (Å²) in [6, 6.07) is 11.8. The van der Waals surface area contributed by atoms with Crippen molar-refractivity contribution in [1.29, 1.82) is 0 Å². The summed E-state index contributed by atoms with van der Waals surface area (Å²) in [4.78, 5) is 33.2. The molecule has 0 aliphatic carbocycles. The van der Waals surface area contributed by atoms with Crippen LogP contribution in [-0.4, -0.2) is 59.6 Å². The van der Waals surface area contributed by atoms with Crippen LogP contribution in [0.1, 0.15) is 22.3 Å². The number of halogens is 2. The zero-order valence-electron chi connectivity index (χ0n) is 18.9. The van der Waals surface area contributed by atoms with E-state index in [1.165, 1.54) is 6.07 Å². The molecule has 8 heteroatoms. The Morgan fingerprint density at radius 3 is 2.56 bits per heavy atom. The monoisotopic (exact) mass is 481 g/mol. The molecule has 176 valence electrons. The molecule has 3 aromatic rings. The van der Waals surface area contributed by atoms with Gasteiger partial charge in [-0.25, -0.2) is 14.2 Å². The highest BCUT2D eigenvalue weighted by atomic mass is 35.5. The summed E-state index contributed by atoms with van der Waals surface area (Å²) in [6.07, 6.45) is 1.92. The average molecular weight is 482 g/mol. The minimum Gasteiger partial charge on any atom is -0.449 e. The number of hydrogen-bond donors (Lipinski definition) is 0. The van der Waals surface area contributed by atoms with E-state index in [1.54, 1.807) is 59.2 Å². The van der Waals surface area contributed by atoms with Crippen molar-refractivity contribution in [1.82, 2.24) is 14.8 Å². The van der Waals surface area contributed by atoms with Gasteiger partial charge in [0.1, 0.15) is 5.82 Å². The predicted octanol–water partition coefficient (Wildman–Crippen LogP) is 5.47. The number of nitrogens with zero attached hydrogens (tertiary/aromatic N) is 3. The summed E-state index contributed by atoms with van der Waals surface area (Å²) in [6.45, 7) is 7.24. The molecule has 6 nitrogen and oxygen atoms in total. The van der Waals surface area contributed by atoms with Gasteiger partial charge in [0, 0.05) is 42.7 Å². The van der Waals surface area contributed by atoms with Gasteiger partial charge in [-0.15, -0.1) is 6.58 Å². The molecule has 1 saturated heterocycles. The third-order valence-corrected chi connectivity index (χ3v) is 6.15. The zero-order chi connectivity index (χ0) is 24.2. The van der Waals surface area contributed by atoms with E-state index in [0.717, 1.165) is 10.9 Å². The number of hydrogen-bond acceptors (Lipinski definition) is 4. The Labute approximate surface area is 202 Å². The van der Waals surface area contributed by atoms with Gasteiger partial charge < -0.3 is 14.5 Å². The van der Waals surface area contributed by atoms with Crippen LogP contribution in [0.5, 0.6) is 0 Å². The molecule has 1 aliphatic heterocycles. The molecule has 2 amide bonds. The van der Waals surface area contributed by atoms with Crippen LogP contribution < -0.4 is 0 Å². The molecular weight excluding hydrogens is 457 g/mol. The Hall–Kier alpha value is -3.45. The van der Waals surface area contributed by atoms with E-state index in [-0.39, 0.29) is 17.8 Å². The summed E-state index contributed by atoms with van der Waals surface area (Å²) in [7, 11) is 0. The fraction of sp³-hybridized carbons (Fsp3) is 0.269. The maximum atomic E-state index is 13.7. The van der Waals surface area contributed by atoms with Gasteiger partial charge in [0.2, 0.25) is 0 Å². The van der Waals surface area contributed by atoms with Gasteiger partial charge in [0.25, 0.3) is 5.91 Å². The summed E-state index contributed by atoms with van der Waals surface area (Å²) in [5.41, 5.74) is 2.94. The largest absolute Gasteiger partial charge is 0.449 e. The second kappa shape index (κ2) is 10.2. The third-order valence-electron chi connectivity index (χ3n) is 5.83. The lowest BCUT2D eigenvalue weighted by molar-refractivity contribution is 0.0564. The van der Waals surface area contributed by atoms with Crippen molar-refractivity contribution >= 4 is 34.5 Å². The number of carbonyl (C=O) groups is 2. The number of pyridine rings is 1. The highest BCUT2D eigenvalue weighted by Gasteiger charge is 2.26. The molecule has 2 heterocycles. The highest BCUT2D eigenvalue weighted by Crippen LogP contribution is 2.30. The van der Waals surface area contributed by atoms with Crippen LogP contribution in [-0.2, 0) is 4.74 Å². The molecule has 1 aromatic heterocycles. The fourth-order valence-corrected chi connectivity index (χ4v) is 4.13. The maximum Gasteiger partial charge on any atom is 0.409 e. The quantitative estimate of drug-likeness (QED) is 0.358. The molecule has 1 aliphatic rings. The molecule has 4 rings (SSSR count). The lowest BCUT2D eigenvalue weighted by Crippen LogP contribution is -2.50. The molecule has 0 radical (unpaired) electrons. The van der Waals surface area contributed by atoms with Gasteiger partial charge in [-0.3, -0.25) is 4.79 Å². The molecule has 0 spiro atoms.